The fourth-order valence-electron chi connectivity index (χ4n) is 5.76. The standard InChI is InChI=1S/C33H20N2S/c1-3-11-21(12-4-1)28-27-19-20-36-32(27)33-34-29-25-17-9-7-15-23(25)24-16-8-10-18-26(24)31(29)35(33)30(28)22-13-5-2-6-14-22/h1-20H. The molecule has 0 unspecified atom stereocenters. The molecule has 0 N–H and O–H groups in total. The fraction of sp³-hybridized carbons (Fsp3) is 0. The molecule has 36 heavy (non-hydrogen) atoms. The summed E-state index contributed by atoms with van der Waals surface area (Å²) < 4.78 is 3.65. The number of hydrogen-bond donors (Lipinski definition) is 0. The second-order valence-electron chi connectivity index (χ2n) is 9.18. The Bertz CT molecular complexity index is 2080. The second-order valence-corrected chi connectivity index (χ2v) is 10.1. The Labute approximate surface area is 211 Å². The summed E-state index contributed by atoms with van der Waals surface area (Å²) in [6.45, 7) is 0. The Balaban J connectivity index is 1.74. The predicted octanol–water partition coefficient (Wildman–Crippen LogP) is 9.34. The lowest BCUT2D eigenvalue weighted by Gasteiger charge is -2.17. The molecule has 0 bridgehead atoms. The molecule has 0 aliphatic rings. The van der Waals surface area contributed by atoms with Crippen LogP contribution in [-0.4, -0.2) is 9.38 Å². The van der Waals surface area contributed by atoms with Gasteiger partial charge in [-0.3, -0.25) is 4.40 Å². The van der Waals surface area contributed by atoms with Crippen molar-refractivity contribution in [3.8, 4) is 22.4 Å². The van der Waals surface area contributed by atoms with Crippen LogP contribution >= 0.6 is 11.3 Å². The van der Waals surface area contributed by atoms with Gasteiger partial charge in [0.1, 0.15) is 0 Å². The number of fused-ring (bicyclic) bond motifs is 10. The number of pyridine rings is 1. The molecule has 0 amide bonds. The highest BCUT2D eigenvalue weighted by Crippen LogP contribution is 2.45. The van der Waals surface area contributed by atoms with Gasteiger partial charge in [-0.05, 0) is 33.3 Å². The van der Waals surface area contributed by atoms with E-state index in [2.05, 4.69) is 125 Å². The van der Waals surface area contributed by atoms with Gasteiger partial charge in [0, 0.05) is 21.7 Å². The van der Waals surface area contributed by atoms with Crippen LogP contribution in [0.1, 0.15) is 0 Å². The molecule has 0 fully saturated rings. The van der Waals surface area contributed by atoms with Gasteiger partial charge in [0.25, 0.3) is 0 Å². The van der Waals surface area contributed by atoms with Gasteiger partial charge in [0.15, 0.2) is 5.65 Å². The zero-order valence-electron chi connectivity index (χ0n) is 19.3. The van der Waals surface area contributed by atoms with E-state index in [0.29, 0.717) is 0 Å². The summed E-state index contributed by atoms with van der Waals surface area (Å²) >= 11 is 1.77. The normalized spacial score (nSPS) is 11.9. The number of imidazole rings is 1. The monoisotopic (exact) mass is 476 g/mol. The molecule has 168 valence electrons. The van der Waals surface area contributed by atoms with Crippen molar-refractivity contribution < 1.29 is 0 Å². The molecule has 0 radical (unpaired) electrons. The van der Waals surface area contributed by atoms with Crippen LogP contribution in [0.15, 0.2) is 121 Å². The Hall–Kier alpha value is -4.47. The van der Waals surface area contributed by atoms with Gasteiger partial charge in [0.05, 0.1) is 21.4 Å². The van der Waals surface area contributed by atoms with E-state index in [1.807, 2.05) is 0 Å². The fourth-order valence-corrected chi connectivity index (χ4v) is 6.64. The van der Waals surface area contributed by atoms with E-state index in [4.69, 9.17) is 4.98 Å². The van der Waals surface area contributed by atoms with Crippen LogP contribution in [0.3, 0.4) is 0 Å². The van der Waals surface area contributed by atoms with E-state index in [1.54, 1.807) is 11.3 Å². The maximum Gasteiger partial charge on any atom is 0.156 e. The van der Waals surface area contributed by atoms with Gasteiger partial charge in [-0.2, -0.15) is 0 Å². The van der Waals surface area contributed by atoms with E-state index in [1.165, 1.54) is 59.5 Å². The molecular formula is C33H20N2S. The Morgan fingerprint density at radius 1 is 0.528 bits per heavy atom. The highest BCUT2D eigenvalue weighted by Gasteiger charge is 2.23. The summed E-state index contributed by atoms with van der Waals surface area (Å²) in [5, 5.41) is 8.37. The minimum absolute atomic E-state index is 1.02. The molecule has 5 aromatic carbocycles. The molecule has 0 atom stereocenters. The number of aromatic nitrogens is 2. The molecule has 0 saturated carbocycles. The van der Waals surface area contributed by atoms with Crippen molar-refractivity contribution in [2.75, 3.05) is 0 Å². The number of benzene rings is 5. The molecule has 3 heterocycles. The van der Waals surface area contributed by atoms with Crippen molar-refractivity contribution in [1.29, 1.82) is 0 Å². The Morgan fingerprint density at radius 3 is 1.83 bits per heavy atom. The number of nitrogens with zero attached hydrogens (tertiary/aromatic N) is 2. The van der Waals surface area contributed by atoms with E-state index in [-0.39, 0.29) is 0 Å². The lowest BCUT2D eigenvalue weighted by Crippen LogP contribution is -1.98. The third kappa shape index (κ3) is 2.63. The first-order valence-electron chi connectivity index (χ1n) is 12.2. The second kappa shape index (κ2) is 7.51. The molecular weight excluding hydrogens is 456 g/mol. The zero-order valence-corrected chi connectivity index (χ0v) is 20.2. The van der Waals surface area contributed by atoms with Crippen molar-refractivity contribution in [3.05, 3.63) is 121 Å². The summed E-state index contributed by atoms with van der Waals surface area (Å²) in [6.07, 6.45) is 0. The SMILES string of the molecule is c1ccc(-c2c(-c3ccccc3)n3c(nc4c5ccccc5c5ccccc5c43)c3sccc23)cc1. The highest BCUT2D eigenvalue weighted by molar-refractivity contribution is 7.18. The molecule has 3 aromatic heterocycles. The van der Waals surface area contributed by atoms with Crippen molar-refractivity contribution in [2.45, 2.75) is 0 Å². The van der Waals surface area contributed by atoms with Crippen LogP contribution in [0, 0.1) is 0 Å². The van der Waals surface area contributed by atoms with Gasteiger partial charge in [-0.25, -0.2) is 4.98 Å². The predicted molar refractivity (Wildman–Crippen MR) is 154 cm³/mol. The Kier molecular flexibility index (Phi) is 4.13. The van der Waals surface area contributed by atoms with Crippen LogP contribution in [-0.2, 0) is 0 Å². The minimum atomic E-state index is 1.02. The number of thiophene rings is 1. The van der Waals surface area contributed by atoms with Crippen molar-refractivity contribution in [3.63, 3.8) is 0 Å². The molecule has 0 aliphatic heterocycles. The average molecular weight is 477 g/mol. The molecule has 0 spiro atoms. The molecule has 2 nitrogen and oxygen atoms in total. The van der Waals surface area contributed by atoms with Crippen LogP contribution < -0.4 is 0 Å². The van der Waals surface area contributed by atoms with Gasteiger partial charge in [-0.15, -0.1) is 11.3 Å². The summed E-state index contributed by atoms with van der Waals surface area (Å²) in [4.78, 5) is 5.39. The van der Waals surface area contributed by atoms with E-state index >= 15 is 0 Å². The number of hydrogen-bond acceptors (Lipinski definition) is 2. The molecule has 0 aliphatic carbocycles. The smallest absolute Gasteiger partial charge is 0.156 e. The summed E-state index contributed by atoms with van der Waals surface area (Å²) in [5.41, 5.74) is 8.09. The first-order chi connectivity index (χ1) is 17.9. The average Bonchev–Trinajstić information content (AvgIpc) is 3.59. The first kappa shape index (κ1) is 19.8. The topological polar surface area (TPSA) is 17.3 Å². The third-order valence-electron chi connectivity index (χ3n) is 7.24. The van der Waals surface area contributed by atoms with Crippen LogP contribution in [0.2, 0.25) is 0 Å². The van der Waals surface area contributed by atoms with Crippen LogP contribution in [0.4, 0.5) is 0 Å². The maximum absolute atomic E-state index is 5.39. The van der Waals surface area contributed by atoms with Gasteiger partial charge >= 0.3 is 0 Å². The molecule has 3 heteroatoms. The number of rotatable bonds is 2. The molecule has 8 rings (SSSR count). The first-order valence-corrected chi connectivity index (χ1v) is 13.0. The molecule has 8 aromatic rings. The van der Waals surface area contributed by atoms with Crippen molar-refractivity contribution in [1.82, 2.24) is 9.38 Å². The van der Waals surface area contributed by atoms with Crippen molar-refractivity contribution in [2.24, 2.45) is 0 Å². The molecule has 0 saturated heterocycles. The van der Waals surface area contributed by atoms with Crippen LogP contribution in [0.5, 0.6) is 0 Å². The van der Waals surface area contributed by atoms with Gasteiger partial charge in [-0.1, -0.05) is 109 Å². The van der Waals surface area contributed by atoms with Crippen molar-refractivity contribution >= 4 is 59.6 Å². The summed E-state index contributed by atoms with van der Waals surface area (Å²) in [7, 11) is 0. The van der Waals surface area contributed by atoms with E-state index in [0.717, 1.165) is 11.2 Å². The maximum atomic E-state index is 5.39. The van der Waals surface area contributed by atoms with E-state index < -0.39 is 0 Å². The van der Waals surface area contributed by atoms with Gasteiger partial charge in [0.2, 0.25) is 0 Å². The van der Waals surface area contributed by atoms with E-state index in [9.17, 15) is 0 Å². The van der Waals surface area contributed by atoms with Gasteiger partial charge < -0.3 is 0 Å². The quantitative estimate of drug-likeness (QED) is 0.227. The highest BCUT2D eigenvalue weighted by atomic mass is 32.1. The lowest BCUT2D eigenvalue weighted by atomic mass is 9.95. The third-order valence-corrected chi connectivity index (χ3v) is 8.15. The largest absolute Gasteiger partial charge is 0.290 e. The lowest BCUT2D eigenvalue weighted by molar-refractivity contribution is 1.26. The zero-order chi connectivity index (χ0) is 23.6. The Morgan fingerprint density at radius 2 is 1.11 bits per heavy atom. The summed E-state index contributed by atoms with van der Waals surface area (Å²) in [6, 6.07) is 41.2. The minimum Gasteiger partial charge on any atom is -0.290 e. The van der Waals surface area contributed by atoms with Crippen LogP contribution in [0.25, 0.3) is 70.7 Å². The summed E-state index contributed by atoms with van der Waals surface area (Å²) in [5.74, 6) is 0.